The molecule has 1 aromatic rings. The molecule has 1 N–H and O–H groups in total. The third-order valence-electron chi connectivity index (χ3n) is 1.68. The highest BCUT2D eigenvalue weighted by Gasteiger charge is 2.46. The molecule has 0 bridgehead atoms. The number of nitro groups is 1. The maximum Gasteiger partial charge on any atom is 0.442 e. The molecule has 1 rings (SSSR count). The second-order valence-electron chi connectivity index (χ2n) is 2.73. The fraction of sp³-hybridized carbons (Fsp3) is 0.333. The third-order valence-corrected chi connectivity index (χ3v) is 1.68. The molecule has 0 atom stereocenters. The molecule has 0 saturated carbocycles. The molecule has 0 aliphatic heterocycles. The summed E-state index contributed by atoms with van der Waals surface area (Å²) in [6.45, 7) is 0. The highest BCUT2D eigenvalue weighted by Crippen LogP contribution is 2.36. The summed E-state index contributed by atoms with van der Waals surface area (Å²) in [5.74, 6) is -1.85. The van der Waals surface area contributed by atoms with E-state index in [-0.39, 0.29) is 0 Å². The van der Waals surface area contributed by atoms with E-state index >= 15 is 0 Å². The van der Waals surface area contributed by atoms with Gasteiger partial charge in [0.25, 0.3) is 0 Å². The van der Waals surface area contributed by atoms with Crippen molar-refractivity contribution >= 4 is 11.7 Å². The third kappa shape index (κ3) is 1.81. The van der Waals surface area contributed by atoms with Crippen LogP contribution in [0.4, 0.5) is 18.9 Å². The van der Waals surface area contributed by atoms with Crippen molar-refractivity contribution < 1.29 is 28.0 Å². The van der Waals surface area contributed by atoms with Gasteiger partial charge in [-0.15, -0.1) is 0 Å². The fourth-order valence-electron chi connectivity index (χ4n) is 1.12. The van der Waals surface area contributed by atoms with E-state index in [1.54, 1.807) is 0 Å². The number of aromatic nitrogens is 2. The van der Waals surface area contributed by atoms with E-state index in [1.165, 1.54) is 0 Å². The predicted octanol–water partition coefficient (Wildman–Crippen LogP) is 1.05. The summed E-state index contributed by atoms with van der Waals surface area (Å²) >= 11 is 0. The number of hydrogen-bond donors (Lipinski definition) is 1. The van der Waals surface area contributed by atoms with Crippen LogP contribution in [0.3, 0.4) is 0 Å². The van der Waals surface area contributed by atoms with Crippen molar-refractivity contribution in [3.8, 4) is 0 Å². The first-order chi connectivity index (χ1) is 7.16. The van der Waals surface area contributed by atoms with Crippen LogP contribution in [0.15, 0.2) is 0 Å². The zero-order valence-electron chi connectivity index (χ0n) is 7.65. The van der Waals surface area contributed by atoms with E-state index in [0.29, 0.717) is 4.68 Å². The first-order valence-electron chi connectivity index (χ1n) is 3.68. The SMILES string of the molecule is Cn1nc(C(F)(F)F)c([N+](=O)[O-])c1C(=O)O. The van der Waals surface area contributed by atoms with Crippen molar-refractivity contribution in [1.82, 2.24) is 9.78 Å². The van der Waals surface area contributed by atoms with Gasteiger partial charge in [-0.25, -0.2) is 4.79 Å². The van der Waals surface area contributed by atoms with Crippen molar-refractivity contribution in [2.75, 3.05) is 0 Å². The lowest BCUT2D eigenvalue weighted by atomic mass is 10.3. The molecule has 1 aromatic heterocycles. The summed E-state index contributed by atoms with van der Waals surface area (Å²) in [7, 11) is 0.881. The zero-order chi connectivity index (χ0) is 12.7. The average molecular weight is 239 g/mol. The van der Waals surface area contributed by atoms with Crippen LogP contribution in [0, 0.1) is 10.1 Å². The lowest BCUT2D eigenvalue weighted by Crippen LogP contribution is -2.10. The number of nitrogens with zero attached hydrogens (tertiary/aromatic N) is 3. The summed E-state index contributed by atoms with van der Waals surface area (Å²) < 4.78 is 37.2. The van der Waals surface area contributed by atoms with E-state index in [0.717, 1.165) is 7.05 Å². The molecule has 0 aliphatic rings. The minimum atomic E-state index is -5.08. The topological polar surface area (TPSA) is 98.3 Å². The van der Waals surface area contributed by atoms with Gasteiger partial charge in [-0.1, -0.05) is 0 Å². The van der Waals surface area contributed by atoms with Gasteiger partial charge < -0.3 is 5.11 Å². The van der Waals surface area contributed by atoms with E-state index in [2.05, 4.69) is 5.10 Å². The molecule has 7 nitrogen and oxygen atoms in total. The Morgan fingerprint density at radius 1 is 1.56 bits per heavy atom. The van der Waals surface area contributed by atoms with E-state index in [1.807, 2.05) is 0 Å². The van der Waals surface area contributed by atoms with Gasteiger partial charge in [0.15, 0.2) is 0 Å². The maximum absolute atomic E-state index is 12.3. The summed E-state index contributed by atoms with van der Waals surface area (Å²) in [5, 5.41) is 21.7. The van der Waals surface area contributed by atoms with E-state index in [4.69, 9.17) is 5.11 Å². The first kappa shape index (κ1) is 11.9. The Morgan fingerprint density at radius 3 is 2.38 bits per heavy atom. The quantitative estimate of drug-likeness (QED) is 0.614. The lowest BCUT2D eigenvalue weighted by Gasteiger charge is -2.00. The Kier molecular flexibility index (Phi) is 2.59. The number of rotatable bonds is 2. The van der Waals surface area contributed by atoms with Crippen LogP contribution >= 0.6 is 0 Å². The molecule has 0 fully saturated rings. The number of alkyl halides is 3. The molecular formula is C6H4F3N3O4. The van der Waals surface area contributed by atoms with Crippen LogP contribution in [0.2, 0.25) is 0 Å². The van der Waals surface area contributed by atoms with Crippen molar-refractivity contribution in [2.24, 2.45) is 7.05 Å². The van der Waals surface area contributed by atoms with E-state index in [9.17, 15) is 28.1 Å². The molecule has 88 valence electrons. The largest absolute Gasteiger partial charge is 0.476 e. The molecule has 0 amide bonds. The molecule has 1 heterocycles. The molecular weight excluding hydrogens is 235 g/mol. The minimum Gasteiger partial charge on any atom is -0.476 e. The van der Waals surface area contributed by atoms with Gasteiger partial charge in [-0.3, -0.25) is 14.8 Å². The van der Waals surface area contributed by atoms with Gasteiger partial charge in [-0.2, -0.15) is 18.3 Å². The number of carboxylic acids is 1. The Balaban J connectivity index is 3.60. The van der Waals surface area contributed by atoms with Crippen molar-refractivity contribution in [1.29, 1.82) is 0 Å². The second kappa shape index (κ2) is 3.47. The highest BCUT2D eigenvalue weighted by atomic mass is 19.4. The van der Waals surface area contributed by atoms with Gasteiger partial charge in [0, 0.05) is 7.05 Å². The Morgan fingerprint density at radius 2 is 2.06 bits per heavy atom. The number of carboxylic acid groups (broad SMARTS) is 1. The predicted molar refractivity (Wildman–Crippen MR) is 41.8 cm³/mol. The van der Waals surface area contributed by atoms with Crippen LogP contribution in [-0.2, 0) is 13.2 Å². The van der Waals surface area contributed by atoms with Crippen LogP contribution in [0.5, 0.6) is 0 Å². The summed E-state index contributed by atoms with van der Waals surface area (Å²) in [5.41, 5.74) is -4.49. The molecule has 0 aromatic carbocycles. The Bertz CT molecular complexity index is 464. The highest BCUT2D eigenvalue weighted by molar-refractivity contribution is 5.91. The van der Waals surface area contributed by atoms with Gasteiger partial charge >= 0.3 is 17.8 Å². The standard InChI is InChI=1S/C6H4F3N3O4/c1-11-3(5(13)14)2(12(15)16)4(10-11)6(7,8)9/h1H3,(H,13,14). The summed E-state index contributed by atoms with van der Waals surface area (Å²) in [6.07, 6.45) is -5.08. The van der Waals surface area contributed by atoms with Gasteiger partial charge in [0.2, 0.25) is 11.4 Å². The van der Waals surface area contributed by atoms with Crippen LogP contribution in [0.25, 0.3) is 0 Å². The van der Waals surface area contributed by atoms with Gasteiger partial charge in [0.1, 0.15) is 0 Å². The molecule has 0 unspecified atom stereocenters. The molecule has 0 saturated heterocycles. The Hall–Kier alpha value is -2.13. The van der Waals surface area contributed by atoms with Crippen LogP contribution in [-0.4, -0.2) is 25.8 Å². The van der Waals surface area contributed by atoms with Crippen LogP contribution in [0.1, 0.15) is 16.2 Å². The molecule has 0 spiro atoms. The minimum absolute atomic E-state index is 0.309. The summed E-state index contributed by atoms with van der Waals surface area (Å²) in [4.78, 5) is 19.5. The summed E-state index contributed by atoms with van der Waals surface area (Å²) in [6, 6.07) is 0. The van der Waals surface area contributed by atoms with Gasteiger partial charge in [-0.05, 0) is 0 Å². The molecule has 0 radical (unpaired) electrons. The molecule has 16 heavy (non-hydrogen) atoms. The normalized spacial score (nSPS) is 11.5. The van der Waals surface area contributed by atoms with E-state index < -0.39 is 34.1 Å². The number of aryl methyl sites for hydroxylation is 1. The average Bonchev–Trinajstić information content (AvgIpc) is 2.41. The van der Waals surface area contributed by atoms with Crippen molar-refractivity contribution in [3.63, 3.8) is 0 Å². The molecule has 0 aliphatic carbocycles. The smallest absolute Gasteiger partial charge is 0.442 e. The zero-order valence-corrected chi connectivity index (χ0v) is 7.65. The van der Waals surface area contributed by atoms with Crippen molar-refractivity contribution in [3.05, 3.63) is 21.5 Å². The fourth-order valence-corrected chi connectivity index (χ4v) is 1.12. The number of carbonyl (C=O) groups is 1. The van der Waals surface area contributed by atoms with Gasteiger partial charge in [0.05, 0.1) is 4.92 Å². The Labute approximate surface area is 85.2 Å². The number of aromatic carboxylic acids is 1. The maximum atomic E-state index is 12.3. The second-order valence-corrected chi connectivity index (χ2v) is 2.73. The lowest BCUT2D eigenvalue weighted by molar-refractivity contribution is -0.388. The van der Waals surface area contributed by atoms with Crippen molar-refractivity contribution in [2.45, 2.75) is 6.18 Å². The number of halogens is 3. The monoisotopic (exact) mass is 239 g/mol. The first-order valence-corrected chi connectivity index (χ1v) is 3.68. The van der Waals surface area contributed by atoms with Crippen LogP contribution < -0.4 is 0 Å². The number of hydrogen-bond acceptors (Lipinski definition) is 4. The molecule has 10 heteroatoms.